The van der Waals surface area contributed by atoms with Crippen LogP contribution >= 0.6 is 11.6 Å². The molecule has 0 heterocycles. The molecule has 0 bridgehead atoms. The van der Waals surface area contributed by atoms with Crippen molar-refractivity contribution in [1.29, 1.82) is 0 Å². The van der Waals surface area contributed by atoms with Gasteiger partial charge in [0.25, 0.3) is 0 Å². The van der Waals surface area contributed by atoms with Gasteiger partial charge in [-0.2, -0.15) is 0 Å². The van der Waals surface area contributed by atoms with Crippen molar-refractivity contribution < 1.29 is 10.2 Å². The van der Waals surface area contributed by atoms with Gasteiger partial charge in [-0.15, -0.1) is 11.6 Å². The summed E-state index contributed by atoms with van der Waals surface area (Å²) in [7, 11) is 0. The molecule has 0 aromatic heterocycles. The van der Waals surface area contributed by atoms with Crippen molar-refractivity contribution >= 4 is 11.6 Å². The van der Waals surface area contributed by atoms with Crippen LogP contribution in [0.15, 0.2) is 48.5 Å². The minimum Gasteiger partial charge on any atom is -0.508 e. The van der Waals surface area contributed by atoms with E-state index in [-0.39, 0.29) is 27.7 Å². The summed E-state index contributed by atoms with van der Waals surface area (Å²) >= 11 is 6.95. The Morgan fingerprint density at radius 3 is 1.70 bits per heavy atom. The number of hydrogen-bond acceptors (Lipinski definition) is 2. The van der Waals surface area contributed by atoms with Crippen molar-refractivity contribution in [2.75, 3.05) is 0 Å². The quantitative estimate of drug-likeness (QED) is 0.743. The van der Waals surface area contributed by atoms with Crippen LogP contribution in [0.5, 0.6) is 11.5 Å². The van der Waals surface area contributed by atoms with Crippen molar-refractivity contribution in [1.82, 2.24) is 0 Å². The minimum atomic E-state index is -0.353. The molecule has 1 saturated carbocycles. The highest BCUT2D eigenvalue weighted by atomic mass is 35.5. The molecule has 0 saturated heterocycles. The van der Waals surface area contributed by atoms with Crippen LogP contribution in [0.2, 0.25) is 0 Å². The van der Waals surface area contributed by atoms with Crippen molar-refractivity contribution in [2.24, 2.45) is 5.41 Å². The summed E-state index contributed by atoms with van der Waals surface area (Å²) in [5, 5.41) is 19.3. The van der Waals surface area contributed by atoms with E-state index >= 15 is 0 Å². The fourth-order valence-electron chi connectivity index (χ4n) is 4.32. The van der Waals surface area contributed by atoms with Gasteiger partial charge in [-0.1, -0.05) is 44.5 Å². The Morgan fingerprint density at radius 1 is 0.870 bits per heavy atom. The molecular weight excluding hydrogens is 308 g/mol. The van der Waals surface area contributed by atoms with Crippen LogP contribution < -0.4 is 0 Å². The predicted octanol–water partition coefficient (Wildman–Crippen LogP) is 5.20. The second kappa shape index (κ2) is 5.76. The maximum atomic E-state index is 9.68. The third kappa shape index (κ3) is 2.49. The largest absolute Gasteiger partial charge is 0.508 e. The first-order valence-corrected chi connectivity index (χ1v) is 8.55. The first-order chi connectivity index (χ1) is 10.9. The number of rotatable bonds is 2. The summed E-state index contributed by atoms with van der Waals surface area (Å²) in [6, 6.07) is 14.8. The standard InChI is InChI=1S/C20H23ClO2/c1-19(2)13-3-4-18(21)20(19,14-5-9-16(22)10-6-14)15-7-11-17(23)12-8-15/h5-12,18,22-23H,3-4,13H2,1-2H3. The van der Waals surface area contributed by atoms with Crippen LogP contribution in [-0.4, -0.2) is 15.6 Å². The Hall–Kier alpha value is -1.67. The zero-order valence-electron chi connectivity index (χ0n) is 13.6. The first-order valence-electron chi connectivity index (χ1n) is 8.11. The second-order valence-corrected chi connectivity index (χ2v) is 7.67. The van der Waals surface area contributed by atoms with Crippen molar-refractivity contribution in [2.45, 2.75) is 43.9 Å². The summed E-state index contributed by atoms with van der Waals surface area (Å²) in [5.41, 5.74) is 1.84. The molecule has 1 unspecified atom stereocenters. The average molecular weight is 331 g/mol. The van der Waals surface area contributed by atoms with Crippen LogP contribution in [0, 0.1) is 5.41 Å². The summed E-state index contributed by atoms with van der Waals surface area (Å²) in [5.74, 6) is 0.517. The van der Waals surface area contributed by atoms with Gasteiger partial charge >= 0.3 is 0 Å². The Bertz CT molecular complexity index is 628. The molecule has 0 radical (unpaired) electrons. The van der Waals surface area contributed by atoms with Gasteiger partial charge in [0.1, 0.15) is 11.5 Å². The number of halogens is 1. The summed E-state index contributed by atoms with van der Waals surface area (Å²) in [6.45, 7) is 4.53. The fourth-order valence-corrected chi connectivity index (χ4v) is 5.02. The van der Waals surface area contributed by atoms with E-state index in [1.54, 1.807) is 24.3 Å². The van der Waals surface area contributed by atoms with Crippen molar-refractivity contribution in [3.8, 4) is 11.5 Å². The first kappa shape index (κ1) is 16.2. The third-order valence-corrected chi connectivity index (χ3v) is 5.99. The molecule has 1 fully saturated rings. The van der Waals surface area contributed by atoms with Gasteiger partial charge in [0.15, 0.2) is 0 Å². The van der Waals surface area contributed by atoms with Crippen LogP contribution in [0.3, 0.4) is 0 Å². The number of hydrogen-bond donors (Lipinski definition) is 2. The molecule has 3 rings (SSSR count). The highest BCUT2D eigenvalue weighted by molar-refractivity contribution is 6.22. The highest BCUT2D eigenvalue weighted by Crippen LogP contribution is 2.57. The zero-order chi connectivity index (χ0) is 16.7. The van der Waals surface area contributed by atoms with Gasteiger partial charge in [0.2, 0.25) is 0 Å². The molecule has 0 aliphatic heterocycles. The van der Waals surface area contributed by atoms with Gasteiger partial charge in [-0.25, -0.2) is 0 Å². The number of phenolic OH excluding ortho intramolecular Hbond substituents is 2. The van der Waals surface area contributed by atoms with Gasteiger partial charge < -0.3 is 10.2 Å². The molecule has 2 nitrogen and oxygen atoms in total. The Labute approximate surface area is 142 Å². The van der Waals surface area contributed by atoms with Gasteiger partial charge in [-0.05, 0) is 53.6 Å². The van der Waals surface area contributed by atoms with E-state index in [9.17, 15) is 10.2 Å². The molecule has 1 aliphatic carbocycles. The molecule has 1 atom stereocenters. The van der Waals surface area contributed by atoms with Crippen molar-refractivity contribution in [3.63, 3.8) is 0 Å². The van der Waals surface area contributed by atoms with E-state index in [1.165, 1.54) is 0 Å². The lowest BCUT2D eigenvalue weighted by atomic mass is 9.52. The molecule has 2 aromatic rings. The third-order valence-electron chi connectivity index (χ3n) is 5.44. The van der Waals surface area contributed by atoms with Crippen molar-refractivity contribution in [3.05, 3.63) is 59.7 Å². The number of benzene rings is 2. The lowest BCUT2D eigenvalue weighted by Gasteiger charge is -2.54. The van der Waals surface area contributed by atoms with Gasteiger partial charge in [-0.3, -0.25) is 0 Å². The normalized spacial score (nSPS) is 22.7. The summed E-state index contributed by atoms with van der Waals surface area (Å²) < 4.78 is 0. The monoisotopic (exact) mass is 330 g/mol. The lowest BCUT2D eigenvalue weighted by Crippen LogP contribution is -2.52. The fraction of sp³-hybridized carbons (Fsp3) is 0.400. The van der Waals surface area contributed by atoms with E-state index < -0.39 is 0 Å². The van der Waals surface area contributed by atoms with E-state index in [0.29, 0.717) is 0 Å². The molecule has 2 aromatic carbocycles. The van der Waals surface area contributed by atoms with Gasteiger partial charge in [0, 0.05) is 10.8 Å². The minimum absolute atomic E-state index is 0.0361. The van der Waals surface area contributed by atoms with Crippen LogP contribution in [0.25, 0.3) is 0 Å². The van der Waals surface area contributed by atoms with Gasteiger partial charge in [0.05, 0.1) is 0 Å². The van der Waals surface area contributed by atoms with E-state index in [1.807, 2.05) is 24.3 Å². The molecule has 1 aliphatic rings. The zero-order valence-corrected chi connectivity index (χ0v) is 14.3. The van der Waals surface area contributed by atoms with E-state index in [0.717, 1.165) is 30.4 Å². The van der Waals surface area contributed by atoms with Crippen LogP contribution in [0.4, 0.5) is 0 Å². The smallest absolute Gasteiger partial charge is 0.115 e. The Balaban J connectivity index is 2.28. The summed E-state index contributed by atoms with van der Waals surface area (Å²) in [4.78, 5) is 0. The lowest BCUT2D eigenvalue weighted by molar-refractivity contribution is 0.132. The summed E-state index contributed by atoms with van der Waals surface area (Å²) in [6.07, 6.45) is 3.14. The maximum Gasteiger partial charge on any atom is 0.115 e. The molecule has 23 heavy (non-hydrogen) atoms. The number of aromatic hydroxyl groups is 2. The molecule has 3 heteroatoms. The number of phenols is 2. The van der Waals surface area contributed by atoms with Crippen LogP contribution in [-0.2, 0) is 5.41 Å². The molecule has 0 spiro atoms. The topological polar surface area (TPSA) is 40.5 Å². The molecule has 0 amide bonds. The predicted molar refractivity (Wildman–Crippen MR) is 94.3 cm³/mol. The van der Waals surface area contributed by atoms with Crippen LogP contribution in [0.1, 0.15) is 44.2 Å². The van der Waals surface area contributed by atoms with E-state index in [2.05, 4.69) is 13.8 Å². The number of alkyl halides is 1. The van der Waals surface area contributed by atoms with E-state index in [4.69, 9.17) is 11.6 Å². The Kier molecular flexibility index (Phi) is 4.05. The molecular formula is C20H23ClO2. The molecule has 2 N–H and O–H groups in total. The molecule has 122 valence electrons. The second-order valence-electron chi connectivity index (χ2n) is 7.15. The SMILES string of the molecule is CC1(C)CCCC(Cl)C1(c1ccc(O)cc1)c1ccc(O)cc1. The highest BCUT2D eigenvalue weighted by Gasteiger charge is 2.54. The maximum absolute atomic E-state index is 9.68. The Morgan fingerprint density at radius 2 is 1.30 bits per heavy atom. The average Bonchev–Trinajstić information content (AvgIpc) is 2.50.